The van der Waals surface area contributed by atoms with Crippen molar-refractivity contribution in [3.63, 3.8) is 0 Å². The number of fused-ring (bicyclic) bond motifs is 1. The summed E-state index contributed by atoms with van der Waals surface area (Å²) in [7, 11) is 1.66. The number of nitrogen functional groups attached to an aromatic ring is 1. The molecule has 0 spiro atoms. The van der Waals surface area contributed by atoms with Crippen LogP contribution in [0.1, 0.15) is 11.3 Å². The molecule has 0 saturated heterocycles. The van der Waals surface area contributed by atoms with Gasteiger partial charge in [0, 0.05) is 18.2 Å². The van der Waals surface area contributed by atoms with E-state index in [0.29, 0.717) is 25.6 Å². The van der Waals surface area contributed by atoms with Crippen molar-refractivity contribution in [2.75, 3.05) is 26.1 Å². The molecule has 6 heteroatoms. The van der Waals surface area contributed by atoms with Crippen molar-refractivity contribution >= 4 is 29.0 Å². The number of nitrogens with zero attached hydrogens (tertiary/aromatic N) is 2. The summed E-state index contributed by atoms with van der Waals surface area (Å²) in [6.45, 7) is 5.79. The lowest BCUT2D eigenvalue weighted by Gasteiger charge is -2.09. The van der Waals surface area contributed by atoms with E-state index in [-0.39, 0.29) is 12.4 Å². The zero-order valence-electron chi connectivity index (χ0n) is 11.5. The number of hydrogen-bond donors (Lipinski definition) is 1. The third kappa shape index (κ3) is 3.00. The number of aromatic nitrogens is 2. The van der Waals surface area contributed by atoms with Crippen molar-refractivity contribution in [1.29, 1.82) is 0 Å². The molecule has 0 fully saturated rings. The Bertz CT molecular complexity index is 554. The van der Waals surface area contributed by atoms with Gasteiger partial charge in [-0.25, -0.2) is 0 Å². The minimum Gasteiger partial charge on any atom is -0.397 e. The second-order valence-electron chi connectivity index (χ2n) is 4.29. The van der Waals surface area contributed by atoms with E-state index < -0.39 is 0 Å². The van der Waals surface area contributed by atoms with Gasteiger partial charge in [0.2, 0.25) is 0 Å². The van der Waals surface area contributed by atoms with Crippen molar-refractivity contribution in [2.45, 2.75) is 20.6 Å². The number of nitrogens with two attached hydrogens (primary N) is 1. The molecule has 19 heavy (non-hydrogen) atoms. The monoisotopic (exact) mass is 285 g/mol. The summed E-state index contributed by atoms with van der Waals surface area (Å²) in [4.78, 5) is 4.15. The highest BCUT2D eigenvalue weighted by molar-refractivity contribution is 5.94. The third-order valence-corrected chi connectivity index (χ3v) is 3.22. The van der Waals surface area contributed by atoms with Crippen LogP contribution in [0.15, 0.2) is 12.4 Å². The van der Waals surface area contributed by atoms with Crippen LogP contribution < -0.4 is 5.73 Å². The first-order chi connectivity index (χ1) is 8.66. The number of methoxy groups -OCH3 is 1. The van der Waals surface area contributed by atoms with Gasteiger partial charge < -0.3 is 19.8 Å². The molecule has 2 aromatic rings. The normalized spacial score (nSPS) is 10.7. The summed E-state index contributed by atoms with van der Waals surface area (Å²) < 4.78 is 12.6. The van der Waals surface area contributed by atoms with Crippen LogP contribution in [0.2, 0.25) is 0 Å². The van der Waals surface area contributed by atoms with Gasteiger partial charge in [0.1, 0.15) is 6.73 Å². The van der Waals surface area contributed by atoms with Gasteiger partial charge in [-0.2, -0.15) is 0 Å². The van der Waals surface area contributed by atoms with Crippen LogP contribution in [0.5, 0.6) is 0 Å². The average Bonchev–Trinajstić information content (AvgIpc) is 2.60. The van der Waals surface area contributed by atoms with E-state index >= 15 is 0 Å². The lowest BCUT2D eigenvalue weighted by molar-refractivity contribution is 0.0352. The maximum atomic E-state index is 5.98. The Labute approximate surface area is 119 Å². The maximum Gasteiger partial charge on any atom is 0.123 e. The van der Waals surface area contributed by atoms with E-state index in [1.165, 1.54) is 5.56 Å². The smallest absolute Gasteiger partial charge is 0.123 e. The fraction of sp³-hybridized carbons (Fsp3) is 0.462. The van der Waals surface area contributed by atoms with Crippen LogP contribution in [0.3, 0.4) is 0 Å². The first kappa shape index (κ1) is 15.8. The number of hydrogen-bond acceptors (Lipinski definition) is 4. The second kappa shape index (κ2) is 6.75. The van der Waals surface area contributed by atoms with E-state index in [9.17, 15) is 0 Å². The number of anilines is 1. The molecule has 0 amide bonds. The molecular weight excluding hydrogens is 266 g/mol. The average molecular weight is 286 g/mol. The van der Waals surface area contributed by atoms with Gasteiger partial charge in [0.15, 0.2) is 0 Å². The predicted octanol–water partition coefficient (Wildman–Crippen LogP) is 2.28. The number of ether oxygens (including phenoxy) is 2. The molecule has 0 aliphatic carbocycles. The Kier molecular flexibility index (Phi) is 5.60. The van der Waals surface area contributed by atoms with E-state index in [0.717, 1.165) is 16.6 Å². The zero-order valence-corrected chi connectivity index (χ0v) is 12.3. The molecule has 106 valence electrons. The number of rotatable bonds is 5. The van der Waals surface area contributed by atoms with Crippen molar-refractivity contribution in [2.24, 2.45) is 0 Å². The van der Waals surface area contributed by atoms with Crippen LogP contribution in [0, 0.1) is 13.8 Å². The number of halogens is 1. The van der Waals surface area contributed by atoms with Crippen LogP contribution in [-0.2, 0) is 16.2 Å². The van der Waals surface area contributed by atoms with E-state index in [4.69, 9.17) is 15.2 Å². The number of aryl methyl sites for hydroxylation is 1. The first-order valence-electron chi connectivity index (χ1n) is 5.92. The molecule has 2 aromatic heterocycles. The predicted molar refractivity (Wildman–Crippen MR) is 78.7 cm³/mol. The molecule has 2 N–H and O–H groups in total. The van der Waals surface area contributed by atoms with Gasteiger partial charge in [0.05, 0.1) is 36.8 Å². The highest BCUT2D eigenvalue weighted by Crippen LogP contribution is 2.28. The molecule has 0 aromatic carbocycles. The van der Waals surface area contributed by atoms with Crippen molar-refractivity contribution in [1.82, 2.24) is 9.55 Å². The van der Waals surface area contributed by atoms with Crippen LogP contribution in [0.25, 0.3) is 10.9 Å². The van der Waals surface area contributed by atoms with E-state index in [1.54, 1.807) is 13.3 Å². The Morgan fingerprint density at radius 1 is 1.26 bits per heavy atom. The largest absolute Gasteiger partial charge is 0.397 e. The molecule has 0 unspecified atom stereocenters. The molecule has 0 radical (unpaired) electrons. The van der Waals surface area contributed by atoms with Crippen LogP contribution >= 0.6 is 12.4 Å². The Morgan fingerprint density at radius 3 is 2.68 bits per heavy atom. The summed E-state index contributed by atoms with van der Waals surface area (Å²) in [5.74, 6) is 0. The quantitative estimate of drug-likeness (QED) is 0.856. The Balaban J connectivity index is 0.00000180. The van der Waals surface area contributed by atoms with Crippen molar-refractivity contribution in [3.8, 4) is 0 Å². The minimum absolute atomic E-state index is 0. The zero-order chi connectivity index (χ0) is 13.1. The van der Waals surface area contributed by atoms with Gasteiger partial charge >= 0.3 is 0 Å². The SMILES string of the molecule is COCCOCn1c(C)c(C)c2c(N)cncc21.Cl. The summed E-state index contributed by atoms with van der Waals surface area (Å²) in [6.07, 6.45) is 3.51. The fourth-order valence-corrected chi connectivity index (χ4v) is 2.11. The van der Waals surface area contributed by atoms with Crippen molar-refractivity contribution < 1.29 is 9.47 Å². The summed E-state index contributed by atoms with van der Waals surface area (Å²) in [5.41, 5.74) is 10.0. The van der Waals surface area contributed by atoms with Gasteiger partial charge in [-0.3, -0.25) is 4.98 Å². The fourth-order valence-electron chi connectivity index (χ4n) is 2.11. The van der Waals surface area contributed by atoms with Crippen molar-refractivity contribution in [3.05, 3.63) is 23.7 Å². The number of pyridine rings is 1. The van der Waals surface area contributed by atoms with Gasteiger partial charge in [0.25, 0.3) is 0 Å². The first-order valence-corrected chi connectivity index (χ1v) is 5.92. The second-order valence-corrected chi connectivity index (χ2v) is 4.29. The third-order valence-electron chi connectivity index (χ3n) is 3.22. The molecule has 0 bridgehead atoms. The van der Waals surface area contributed by atoms with Gasteiger partial charge in [-0.1, -0.05) is 0 Å². The Morgan fingerprint density at radius 2 is 2.00 bits per heavy atom. The Hall–Kier alpha value is -1.30. The maximum absolute atomic E-state index is 5.98. The molecule has 0 aliphatic rings. The van der Waals surface area contributed by atoms with E-state index in [1.807, 2.05) is 6.20 Å². The lowest BCUT2D eigenvalue weighted by Crippen LogP contribution is -2.08. The molecule has 0 saturated carbocycles. The molecular formula is C13H20ClN3O2. The highest BCUT2D eigenvalue weighted by atomic mass is 35.5. The van der Waals surface area contributed by atoms with Gasteiger partial charge in [-0.05, 0) is 19.4 Å². The molecule has 2 heterocycles. The highest BCUT2D eigenvalue weighted by Gasteiger charge is 2.13. The molecule has 2 rings (SSSR count). The topological polar surface area (TPSA) is 62.3 Å². The summed E-state index contributed by atoms with van der Waals surface area (Å²) in [6, 6.07) is 0. The summed E-state index contributed by atoms with van der Waals surface area (Å²) >= 11 is 0. The molecule has 0 atom stereocenters. The lowest BCUT2D eigenvalue weighted by atomic mass is 10.2. The molecule has 5 nitrogen and oxygen atoms in total. The van der Waals surface area contributed by atoms with E-state index in [2.05, 4.69) is 23.4 Å². The van der Waals surface area contributed by atoms with Gasteiger partial charge in [-0.15, -0.1) is 12.4 Å². The van der Waals surface area contributed by atoms with Crippen LogP contribution in [-0.4, -0.2) is 29.9 Å². The van der Waals surface area contributed by atoms with Crippen LogP contribution in [0.4, 0.5) is 5.69 Å². The molecule has 0 aliphatic heterocycles. The standard InChI is InChI=1S/C13H19N3O2.ClH/c1-9-10(2)16(8-18-5-4-17-3)12-7-15-6-11(14)13(9)12;/h6-7H,4-5,8,14H2,1-3H3;1H. The summed E-state index contributed by atoms with van der Waals surface area (Å²) in [5, 5.41) is 1.07. The minimum atomic E-state index is 0.